The number of thioether (sulfide) groups is 1. The standard InChI is InChI=1S/C17H15N3O3S/c1-11-5-6-15(22-2)13(8-11)14(21)10-24-17-20-19-16(23-17)12-4-3-7-18-9-12/h3-9H,10H2,1-2H3. The van der Waals surface area contributed by atoms with Gasteiger partial charge in [0, 0.05) is 12.4 Å². The topological polar surface area (TPSA) is 78.1 Å². The molecule has 0 aliphatic heterocycles. The molecule has 0 radical (unpaired) electrons. The average molecular weight is 341 g/mol. The second kappa shape index (κ2) is 7.27. The summed E-state index contributed by atoms with van der Waals surface area (Å²) in [4.78, 5) is 16.4. The summed E-state index contributed by atoms with van der Waals surface area (Å²) in [7, 11) is 1.55. The summed E-state index contributed by atoms with van der Waals surface area (Å²) in [5.74, 6) is 1.08. The normalized spacial score (nSPS) is 10.6. The van der Waals surface area contributed by atoms with Gasteiger partial charge >= 0.3 is 0 Å². The van der Waals surface area contributed by atoms with Crippen LogP contribution in [0.3, 0.4) is 0 Å². The molecule has 2 aromatic heterocycles. The van der Waals surface area contributed by atoms with Crippen molar-refractivity contribution in [3.63, 3.8) is 0 Å². The molecule has 3 rings (SSSR count). The van der Waals surface area contributed by atoms with Gasteiger partial charge in [-0.25, -0.2) is 0 Å². The fraction of sp³-hybridized carbons (Fsp3) is 0.176. The lowest BCUT2D eigenvalue weighted by Crippen LogP contribution is -2.05. The van der Waals surface area contributed by atoms with Crippen molar-refractivity contribution in [1.29, 1.82) is 0 Å². The quantitative estimate of drug-likeness (QED) is 0.502. The van der Waals surface area contributed by atoms with Crippen LogP contribution in [0.4, 0.5) is 0 Å². The van der Waals surface area contributed by atoms with Crippen LogP contribution in [-0.2, 0) is 0 Å². The summed E-state index contributed by atoms with van der Waals surface area (Å²) in [6, 6.07) is 9.13. The second-order valence-corrected chi connectivity index (χ2v) is 5.96. The molecule has 0 unspecified atom stereocenters. The molecular weight excluding hydrogens is 326 g/mol. The molecule has 0 amide bonds. The predicted octanol–water partition coefficient (Wildman–Crippen LogP) is 3.42. The maximum Gasteiger partial charge on any atom is 0.277 e. The van der Waals surface area contributed by atoms with Gasteiger partial charge in [-0.15, -0.1) is 10.2 Å². The van der Waals surface area contributed by atoms with E-state index in [2.05, 4.69) is 15.2 Å². The highest BCUT2D eigenvalue weighted by atomic mass is 32.2. The van der Waals surface area contributed by atoms with Crippen molar-refractivity contribution in [2.75, 3.05) is 12.9 Å². The van der Waals surface area contributed by atoms with Crippen molar-refractivity contribution in [2.24, 2.45) is 0 Å². The number of pyridine rings is 1. The van der Waals surface area contributed by atoms with Gasteiger partial charge in [-0.1, -0.05) is 23.4 Å². The monoisotopic (exact) mass is 341 g/mol. The Morgan fingerprint density at radius 2 is 2.17 bits per heavy atom. The Bertz CT molecular complexity index is 849. The largest absolute Gasteiger partial charge is 0.496 e. The molecule has 0 bridgehead atoms. The molecular formula is C17H15N3O3S. The Kier molecular flexibility index (Phi) is 4.90. The average Bonchev–Trinajstić information content (AvgIpc) is 3.09. The van der Waals surface area contributed by atoms with Gasteiger partial charge in [-0.2, -0.15) is 0 Å². The zero-order valence-electron chi connectivity index (χ0n) is 13.2. The smallest absolute Gasteiger partial charge is 0.277 e. The van der Waals surface area contributed by atoms with E-state index in [1.54, 1.807) is 31.6 Å². The first-order valence-electron chi connectivity index (χ1n) is 7.22. The van der Waals surface area contributed by atoms with Crippen molar-refractivity contribution in [2.45, 2.75) is 12.1 Å². The minimum Gasteiger partial charge on any atom is -0.496 e. The number of hydrogen-bond acceptors (Lipinski definition) is 7. The lowest BCUT2D eigenvalue weighted by atomic mass is 10.1. The number of Topliss-reactive ketones (excluding diaryl/α,β-unsaturated/α-hetero) is 1. The summed E-state index contributed by atoms with van der Waals surface area (Å²) < 4.78 is 10.8. The summed E-state index contributed by atoms with van der Waals surface area (Å²) in [6.07, 6.45) is 3.31. The molecule has 3 aromatic rings. The maximum atomic E-state index is 12.4. The van der Waals surface area contributed by atoms with Gasteiger partial charge in [-0.05, 0) is 31.2 Å². The Balaban J connectivity index is 1.69. The van der Waals surface area contributed by atoms with Gasteiger partial charge in [0.25, 0.3) is 5.22 Å². The van der Waals surface area contributed by atoms with Crippen LogP contribution in [0.2, 0.25) is 0 Å². The van der Waals surface area contributed by atoms with Gasteiger partial charge in [0.05, 0.1) is 24.0 Å². The number of hydrogen-bond donors (Lipinski definition) is 0. The van der Waals surface area contributed by atoms with E-state index in [0.717, 1.165) is 11.1 Å². The molecule has 7 heteroatoms. The molecule has 122 valence electrons. The molecule has 2 heterocycles. The van der Waals surface area contributed by atoms with Crippen LogP contribution in [0.15, 0.2) is 52.4 Å². The molecule has 0 saturated carbocycles. The number of rotatable bonds is 6. The second-order valence-electron chi connectivity index (χ2n) is 5.03. The lowest BCUT2D eigenvalue weighted by molar-refractivity contribution is 0.101. The zero-order valence-corrected chi connectivity index (χ0v) is 14.0. The summed E-state index contributed by atoms with van der Waals surface area (Å²) in [5.41, 5.74) is 2.29. The molecule has 6 nitrogen and oxygen atoms in total. The summed E-state index contributed by atoms with van der Waals surface area (Å²) in [5, 5.41) is 8.27. The molecule has 0 aliphatic rings. The summed E-state index contributed by atoms with van der Waals surface area (Å²) in [6.45, 7) is 1.93. The molecule has 0 atom stereocenters. The van der Waals surface area contributed by atoms with Crippen molar-refractivity contribution >= 4 is 17.5 Å². The van der Waals surface area contributed by atoms with Crippen LogP contribution in [0, 0.1) is 6.92 Å². The van der Waals surface area contributed by atoms with Gasteiger partial charge in [0.15, 0.2) is 5.78 Å². The number of ketones is 1. The van der Waals surface area contributed by atoms with Crippen LogP contribution in [-0.4, -0.2) is 33.8 Å². The van der Waals surface area contributed by atoms with E-state index in [0.29, 0.717) is 22.4 Å². The number of aromatic nitrogens is 3. The molecule has 24 heavy (non-hydrogen) atoms. The fourth-order valence-electron chi connectivity index (χ4n) is 2.12. The SMILES string of the molecule is COc1ccc(C)cc1C(=O)CSc1nnc(-c2cccnc2)o1. The van der Waals surface area contributed by atoms with Gasteiger partial charge in [-0.3, -0.25) is 9.78 Å². The van der Waals surface area contributed by atoms with Crippen LogP contribution >= 0.6 is 11.8 Å². The molecule has 0 fully saturated rings. The van der Waals surface area contributed by atoms with Gasteiger partial charge in [0.2, 0.25) is 5.89 Å². The van der Waals surface area contributed by atoms with Gasteiger partial charge in [0.1, 0.15) is 5.75 Å². The summed E-state index contributed by atoms with van der Waals surface area (Å²) >= 11 is 1.20. The third-order valence-electron chi connectivity index (χ3n) is 3.30. The van der Waals surface area contributed by atoms with Crippen LogP contribution in [0.5, 0.6) is 5.75 Å². The lowest BCUT2D eigenvalue weighted by Gasteiger charge is -2.07. The molecule has 1 aromatic carbocycles. The fourth-order valence-corrected chi connectivity index (χ4v) is 2.77. The number of ether oxygens (including phenoxy) is 1. The number of methoxy groups -OCH3 is 1. The van der Waals surface area contributed by atoms with E-state index in [4.69, 9.17) is 9.15 Å². The minimum atomic E-state index is -0.0540. The molecule has 0 saturated heterocycles. The van der Waals surface area contributed by atoms with E-state index < -0.39 is 0 Å². The first kappa shape index (κ1) is 16.2. The number of nitrogens with zero attached hydrogens (tertiary/aromatic N) is 3. The Morgan fingerprint density at radius 3 is 2.92 bits per heavy atom. The third kappa shape index (κ3) is 3.62. The van der Waals surface area contributed by atoms with Crippen molar-refractivity contribution < 1.29 is 13.9 Å². The van der Waals surface area contributed by atoms with E-state index in [1.165, 1.54) is 11.8 Å². The number of carbonyl (C=O) groups excluding carboxylic acids is 1. The number of aryl methyl sites for hydroxylation is 1. The Labute approximate surface area is 143 Å². The van der Waals surface area contributed by atoms with Crippen molar-refractivity contribution in [3.05, 3.63) is 53.9 Å². The first-order chi connectivity index (χ1) is 11.7. The van der Waals surface area contributed by atoms with Crippen LogP contribution < -0.4 is 4.74 Å². The van der Waals surface area contributed by atoms with E-state index in [-0.39, 0.29) is 11.5 Å². The van der Waals surface area contributed by atoms with E-state index in [1.807, 2.05) is 25.1 Å². The predicted molar refractivity (Wildman–Crippen MR) is 90.3 cm³/mol. The highest BCUT2D eigenvalue weighted by molar-refractivity contribution is 7.99. The highest BCUT2D eigenvalue weighted by Crippen LogP contribution is 2.25. The molecule has 0 aliphatic carbocycles. The number of carbonyl (C=O) groups is 1. The van der Waals surface area contributed by atoms with Crippen LogP contribution in [0.25, 0.3) is 11.5 Å². The highest BCUT2D eigenvalue weighted by Gasteiger charge is 2.15. The third-order valence-corrected chi connectivity index (χ3v) is 4.12. The Hall–Kier alpha value is -2.67. The van der Waals surface area contributed by atoms with Crippen molar-refractivity contribution in [3.8, 4) is 17.2 Å². The van der Waals surface area contributed by atoms with Gasteiger partial charge < -0.3 is 9.15 Å². The number of benzene rings is 1. The maximum absolute atomic E-state index is 12.4. The van der Waals surface area contributed by atoms with E-state index >= 15 is 0 Å². The van der Waals surface area contributed by atoms with Crippen LogP contribution in [0.1, 0.15) is 15.9 Å². The molecule has 0 N–H and O–H groups in total. The zero-order chi connectivity index (χ0) is 16.9. The minimum absolute atomic E-state index is 0.0540. The first-order valence-corrected chi connectivity index (χ1v) is 8.20. The van der Waals surface area contributed by atoms with Crippen molar-refractivity contribution in [1.82, 2.24) is 15.2 Å². The molecule has 0 spiro atoms. The van der Waals surface area contributed by atoms with E-state index in [9.17, 15) is 4.79 Å². The Morgan fingerprint density at radius 1 is 1.29 bits per heavy atom.